The zero-order valence-corrected chi connectivity index (χ0v) is 18.0. The summed E-state index contributed by atoms with van der Waals surface area (Å²) in [6.45, 7) is 2.99. The maximum atomic E-state index is 13.1. The normalized spacial score (nSPS) is 16.7. The lowest BCUT2D eigenvalue weighted by Crippen LogP contribution is -2.28. The highest BCUT2D eigenvalue weighted by molar-refractivity contribution is 5.95. The van der Waals surface area contributed by atoms with E-state index >= 15 is 0 Å². The fraction of sp³-hybridized carbons (Fsp3) is 0.280. The van der Waals surface area contributed by atoms with Gasteiger partial charge in [0.1, 0.15) is 0 Å². The molecule has 0 saturated carbocycles. The molecule has 1 aliphatic heterocycles. The van der Waals surface area contributed by atoms with Gasteiger partial charge >= 0.3 is 12.4 Å². The van der Waals surface area contributed by atoms with Crippen LogP contribution >= 0.6 is 0 Å². The first kappa shape index (κ1) is 23.8. The summed E-state index contributed by atoms with van der Waals surface area (Å²) in [5.41, 5.74) is -0.448. The number of aromatic nitrogens is 1. The number of pyridine rings is 1. The zero-order valence-electron chi connectivity index (χ0n) is 18.0. The largest absolute Gasteiger partial charge is 0.416 e. The van der Waals surface area contributed by atoms with Crippen LogP contribution in [0.2, 0.25) is 0 Å². The van der Waals surface area contributed by atoms with Crippen LogP contribution in [-0.4, -0.2) is 28.9 Å². The van der Waals surface area contributed by atoms with E-state index in [0.29, 0.717) is 30.8 Å². The van der Waals surface area contributed by atoms with Gasteiger partial charge in [-0.05, 0) is 65.9 Å². The molecule has 3 aromatic rings. The van der Waals surface area contributed by atoms with E-state index in [0.717, 1.165) is 17.5 Å². The highest BCUT2D eigenvalue weighted by atomic mass is 19.4. The molecule has 0 N–H and O–H groups in total. The van der Waals surface area contributed by atoms with Gasteiger partial charge in [0.25, 0.3) is 5.91 Å². The van der Waals surface area contributed by atoms with Crippen molar-refractivity contribution < 1.29 is 31.1 Å². The number of benzene rings is 2. The number of alkyl halides is 6. The van der Waals surface area contributed by atoms with E-state index in [1.54, 1.807) is 17.3 Å². The lowest BCUT2D eigenvalue weighted by atomic mass is 9.98. The number of nitrogens with zero attached hydrogens (tertiary/aromatic N) is 2. The number of likely N-dealkylation sites (tertiary alicyclic amines) is 1. The van der Waals surface area contributed by atoms with Gasteiger partial charge in [-0.15, -0.1) is 0 Å². The van der Waals surface area contributed by atoms with Gasteiger partial charge in [-0.25, -0.2) is 0 Å². The molecule has 4 rings (SSSR count). The first-order chi connectivity index (χ1) is 15.9. The number of carbonyl (C=O) groups is 1. The van der Waals surface area contributed by atoms with Crippen LogP contribution in [0.1, 0.15) is 45.0 Å². The summed E-state index contributed by atoms with van der Waals surface area (Å²) in [5.74, 6) is -0.0868. The smallest absolute Gasteiger partial charge is 0.338 e. The first-order valence-corrected chi connectivity index (χ1v) is 10.5. The summed E-state index contributed by atoms with van der Waals surface area (Å²) < 4.78 is 78.9. The molecule has 0 aliphatic carbocycles. The highest BCUT2D eigenvalue weighted by Crippen LogP contribution is 2.38. The molecular weight excluding hydrogens is 458 g/mol. The predicted molar refractivity (Wildman–Crippen MR) is 114 cm³/mol. The van der Waals surface area contributed by atoms with Crippen molar-refractivity contribution in [3.05, 3.63) is 88.7 Å². The number of halogens is 6. The van der Waals surface area contributed by atoms with Gasteiger partial charge in [-0.3, -0.25) is 9.78 Å². The molecule has 178 valence electrons. The Kier molecular flexibility index (Phi) is 6.14. The molecule has 3 nitrogen and oxygen atoms in total. The number of hydrogen-bond acceptors (Lipinski definition) is 2. The van der Waals surface area contributed by atoms with Crippen molar-refractivity contribution in [2.75, 3.05) is 13.1 Å². The second-order valence-electron chi connectivity index (χ2n) is 8.40. The average molecular weight is 478 g/mol. The number of hydrogen-bond donors (Lipinski definition) is 0. The summed E-state index contributed by atoms with van der Waals surface area (Å²) in [6.07, 6.45) is -5.54. The molecule has 1 atom stereocenters. The van der Waals surface area contributed by atoms with E-state index in [2.05, 4.69) is 4.98 Å². The zero-order chi connectivity index (χ0) is 24.7. The Bertz CT molecular complexity index is 1170. The summed E-state index contributed by atoms with van der Waals surface area (Å²) in [6, 6.07) is 9.04. The fourth-order valence-corrected chi connectivity index (χ4v) is 4.13. The molecule has 0 radical (unpaired) electrons. The van der Waals surface area contributed by atoms with E-state index in [1.165, 1.54) is 24.3 Å². The van der Waals surface area contributed by atoms with Crippen molar-refractivity contribution in [1.82, 2.24) is 9.88 Å². The lowest BCUT2D eigenvalue weighted by molar-refractivity contribution is -0.143. The molecule has 9 heteroatoms. The Balaban J connectivity index is 1.55. The quantitative estimate of drug-likeness (QED) is 0.392. The molecule has 0 bridgehead atoms. The fourth-order valence-electron chi connectivity index (χ4n) is 4.13. The Hall–Kier alpha value is -3.36. The van der Waals surface area contributed by atoms with Gasteiger partial charge in [0.15, 0.2) is 0 Å². The molecule has 1 unspecified atom stereocenters. The average Bonchev–Trinajstić information content (AvgIpc) is 3.28. The second-order valence-corrected chi connectivity index (χ2v) is 8.40. The third-order valence-electron chi connectivity index (χ3n) is 5.90. The molecule has 1 aromatic heterocycles. The standard InChI is InChI=1S/C25H20F6N2O/c1-15-8-20(13-32-12-15)18-6-7-33(14-18)23(34)17-4-2-16(3-5-17)19-9-21(24(26,27)28)11-22(10-19)25(29,30)31/h2-5,8-13,18H,6-7,14H2,1H3. The Labute approximate surface area is 192 Å². The topological polar surface area (TPSA) is 33.2 Å². The number of aryl methyl sites for hydroxylation is 1. The minimum Gasteiger partial charge on any atom is -0.338 e. The third-order valence-corrected chi connectivity index (χ3v) is 5.90. The number of carbonyl (C=O) groups excluding carboxylic acids is 1. The van der Waals surface area contributed by atoms with E-state index in [4.69, 9.17) is 0 Å². The number of amides is 1. The van der Waals surface area contributed by atoms with Gasteiger partial charge in [0.05, 0.1) is 11.1 Å². The molecule has 1 fully saturated rings. The van der Waals surface area contributed by atoms with Crippen LogP contribution in [0.15, 0.2) is 60.9 Å². The van der Waals surface area contributed by atoms with Gasteiger partial charge in [-0.1, -0.05) is 18.2 Å². The molecule has 1 saturated heterocycles. The molecule has 1 aliphatic rings. The van der Waals surface area contributed by atoms with Crippen molar-refractivity contribution in [3.8, 4) is 11.1 Å². The van der Waals surface area contributed by atoms with Crippen LogP contribution in [-0.2, 0) is 12.4 Å². The van der Waals surface area contributed by atoms with Crippen LogP contribution < -0.4 is 0 Å². The summed E-state index contributed by atoms with van der Waals surface area (Å²) >= 11 is 0. The molecule has 0 spiro atoms. The van der Waals surface area contributed by atoms with Gasteiger partial charge in [0, 0.05) is 37.0 Å². The second kappa shape index (κ2) is 8.77. The summed E-state index contributed by atoms with van der Waals surface area (Å²) in [7, 11) is 0. The Morgan fingerprint density at radius 1 is 0.882 bits per heavy atom. The van der Waals surface area contributed by atoms with E-state index in [-0.39, 0.29) is 29.0 Å². The summed E-state index contributed by atoms with van der Waals surface area (Å²) in [5, 5.41) is 0. The number of rotatable bonds is 3. The first-order valence-electron chi connectivity index (χ1n) is 10.5. The third kappa shape index (κ3) is 5.08. The van der Waals surface area contributed by atoms with Crippen LogP contribution in [0.25, 0.3) is 11.1 Å². The van der Waals surface area contributed by atoms with Crippen LogP contribution in [0.4, 0.5) is 26.3 Å². The van der Waals surface area contributed by atoms with Crippen molar-refractivity contribution in [2.24, 2.45) is 0 Å². The molecular formula is C25H20F6N2O. The molecule has 2 heterocycles. The van der Waals surface area contributed by atoms with Crippen molar-refractivity contribution in [3.63, 3.8) is 0 Å². The summed E-state index contributed by atoms with van der Waals surface area (Å²) in [4.78, 5) is 18.8. The van der Waals surface area contributed by atoms with E-state index < -0.39 is 23.5 Å². The van der Waals surface area contributed by atoms with Gasteiger partial charge in [-0.2, -0.15) is 26.3 Å². The maximum Gasteiger partial charge on any atom is 0.416 e. The highest BCUT2D eigenvalue weighted by Gasteiger charge is 2.37. The predicted octanol–water partition coefficient (Wildman–Crippen LogP) is 6.72. The monoisotopic (exact) mass is 478 g/mol. The van der Waals surface area contributed by atoms with Gasteiger partial charge in [0.2, 0.25) is 0 Å². The minimum atomic E-state index is -4.93. The maximum absolute atomic E-state index is 13.1. The molecule has 2 aromatic carbocycles. The van der Waals surface area contributed by atoms with E-state index in [1.807, 2.05) is 13.0 Å². The molecule has 1 amide bonds. The lowest BCUT2D eigenvalue weighted by Gasteiger charge is -2.17. The minimum absolute atomic E-state index is 0.0922. The van der Waals surface area contributed by atoms with Crippen LogP contribution in [0.5, 0.6) is 0 Å². The van der Waals surface area contributed by atoms with Crippen LogP contribution in [0.3, 0.4) is 0 Å². The van der Waals surface area contributed by atoms with Crippen LogP contribution in [0, 0.1) is 6.92 Å². The SMILES string of the molecule is Cc1cncc(C2CCN(C(=O)c3ccc(-c4cc(C(F)(F)F)cc(C(F)(F)F)c4)cc3)C2)c1. The van der Waals surface area contributed by atoms with Crippen molar-refractivity contribution in [2.45, 2.75) is 31.6 Å². The van der Waals surface area contributed by atoms with Crippen molar-refractivity contribution in [1.29, 1.82) is 0 Å². The van der Waals surface area contributed by atoms with Gasteiger partial charge < -0.3 is 4.90 Å². The van der Waals surface area contributed by atoms with Crippen molar-refractivity contribution >= 4 is 5.91 Å². The molecule has 34 heavy (non-hydrogen) atoms. The Morgan fingerprint density at radius 2 is 1.50 bits per heavy atom. The van der Waals surface area contributed by atoms with E-state index in [9.17, 15) is 31.1 Å². The Morgan fingerprint density at radius 3 is 2.06 bits per heavy atom.